The lowest BCUT2D eigenvalue weighted by Gasteiger charge is -2.07. The lowest BCUT2D eigenvalue weighted by molar-refractivity contribution is -0.121. The predicted octanol–water partition coefficient (Wildman–Crippen LogP) is 2.83. The molecule has 1 amide bonds. The number of halogens is 1. The van der Waals surface area contributed by atoms with E-state index in [2.05, 4.69) is 52.4 Å². The molecular formula is C16H17BrN2O2S. The van der Waals surface area contributed by atoms with Crippen LogP contribution < -0.4 is 10.9 Å². The summed E-state index contributed by atoms with van der Waals surface area (Å²) in [5, 5.41) is 2.82. The Hall–Kier alpha value is -1.53. The molecule has 1 N–H and O–H groups in total. The van der Waals surface area contributed by atoms with Crippen LogP contribution in [0.5, 0.6) is 0 Å². The summed E-state index contributed by atoms with van der Waals surface area (Å²) < 4.78 is 2.15. The Labute approximate surface area is 142 Å². The average Bonchev–Trinajstić information content (AvgIpc) is 2.49. The Morgan fingerprint density at radius 2 is 1.95 bits per heavy atom. The Morgan fingerprint density at radius 3 is 2.68 bits per heavy atom. The van der Waals surface area contributed by atoms with Gasteiger partial charge in [-0.15, -0.1) is 11.8 Å². The molecule has 2 aromatic rings. The molecule has 22 heavy (non-hydrogen) atoms. The highest BCUT2D eigenvalue weighted by atomic mass is 79.9. The van der Waals surface area contributed by atoms with Crippen LogP contribution in [-0.4, -0.2) is 22.8 Å². The van der Waals surface area contributed by atoms with Crippen molar-refractivity contribution >= 4 is 33.6 Å². The van der Waals surface area contributed by atoms with Crippen LogP contribution in [-0.2, 0) is 11.3 Å². The molecule has 0 aliphatic rings. The monoisotopic (exact) mass is 380 g/mol. The Bertz CT molecular complexity index is 698. The highest BCUT2D eigenvalue weighted by molar-refractivity contribution is 9.10. The van der Waals surface area contributed by atoms with E-state index in [9.17, 15) is 9.59 Å². The zero-order chi connectivity index (χ0) is 15.9. The average molecular weight is 381 g/mol. The minimum atomic E-state index is -0.188. The van der Waals surface area contributed by atoms with Gasteiger partial charge in [0.2, 0.25) is 5.91 Å². The van der Waals surface area contributed by atoms with Gasteiger partial charge in [-0.2, -0.15) is 0 Å². The van der Waals surface area contributed by atoms with E-state index in [0.29, 0.717) is 6.54 Å². The van der Waals surface area contributed by atoms with Gasteiger partial charge in [0.25, 0.3) is 5.56 Å². The first-order valence-corrected chi connectivity index (χ1v) is 8.64. The largest absolute Gasteiger partial charge is 0.354 e. The van der Waals surface area contributed by atoms with Gasteiger partial charge in [-0.05, 0) is 41.1 Å². The second kappa shape index (κ2) is 8.19. The van der Waals surface area contributed by atoms with Crippen molar-refractivity contribution in [3.63, 3.8) is 0 Å². The van der Waals surface area contributed by atoms with Gasteiger partial charge in [-0.3, -0.25) is 9.59 Å². The summed E-state index contributed by atoms with van der Waals surface area (Å²) in [5.41, 5.74) is 1.05. The summed E-state index contributed by atoms with van der Waals surface area (Å²) in [4.78, 5) is 24.6. The molecule has 1 aromatic heterocycles. The molecular weight excluding hydrogens is 364 g/mol. The number of aromatic nitrogens is 1. The van der Waals surface area contributed by atoms with E-state index in [-0.39, 0.29) is 18.0 Å². The summed E-state index contributed by atoms with van der Waals surface area (Å²) in [6.45, 7) is 2.66. The molecule has 0 unspecified atom stereocenters. The van der Waals surface area contributed by atoms with Crippen LogP contribution in [0, 0.1) is 6.92 Å². The third kappa shape index (κ3) is 5.35. The number of carbonyl (C=O) groups is 1. The first-order chi connectivity index (χ1) is 10.5. The molecule has 0 spiro atoms. The molecule has 0 bridgehead atoms. The van der Waals surface area contributed by atoms with E-state index in [4.69, 9.17) is 0 Å². The number of nitrogens with one attached hydrogen (secondary N) is 1. The molecule has 0 aliphatic heterocycles. The maximum Gasteiger partial charge on any atom is 0.251 e. The molecule has 0 aliphatic carbocycles. The fourth-order valence-electron chi connectivity index (χ4n) is 1.83. The third-order valence-corrected chi connectivity index (χ3v) is 4.46. The molecule has 1 aromatic carbocycles. The zero-order valence-electron chi connectivity index (χ0n) is 12.2. The summed E-state index contributed by atoms with van der Waals surface area (Å²) in [6.07, 6.45) is 1.61. The third-order valence-electron chi connectivity index (χ3n) is 2.98. The number of rotatable bonds is 6. The number of benzene rings is 1. The summed E-state index contributed by atoms with van der Waals surface area (Å²) >= 11 is 4.98. The van der Waals surface area contributed by atoms with Crippen molar-refractivity contribution in [3.8, 4) is 0 Å². The second-order valence-corrected chi connectivity index (χ2v) is 6.91. The first-order valence-electron chi connectivity index (χ1n) is 6.87. The number of hydrogen-bond donors (Lipinski definition) is 1. The van der Waals surface area contributed by atoms with Gasteiger partial charge in [-0.1, -0.05) is 17.7 Å². The van der Waals surface area contributed by atoms with Gasteiger partial charge in [-0.25, -0.2) is 0 Å². The number of pyridine rings is 1. The lowest BCUT2D eigenvalue weighted by atomic mass is 10.2. The van der Waals surface area contributed by atoms with Crippen molar-refractivity contribution in [2.75, 3.05) is 12.3 Å². The molecule has 1 heterocycles. The molecule has 0 atom stereocenters. The van der Waals surface area contributed by atoms with Gasteiger partial charge in [0, 0.05) is 33.9 Å². The summed E-state index contributed by atoms with van der Waals surface area (Å²) in [7, 11) is 0. The van der Waals surface area contributed by atoms with Gasteiger partial charge >= 0.3 is 0 Å². The molecule has 116 valence electrons. The van der Waals surface area contributed by atoms with Gasteiger partial charge < -0.3 is 9.88 Å². The van der Waals surface area contributed by atoms with Crippen LogP contribution in [0.15, 0.2) is 56.8 Å². The molecule has 0 fully saturated rings. The SMILES string of the molecule is Cc1ccc(SCCNC(=O)Cn2cc(Br)ccc2=O)cc1. The zero-order valence-corrected chi connectivity index (χ0v) is 14.6. The summed E-state index contributed by atoms with van der Waals surface area (Å²) in [5.74, 6) is 0.632. The van der Waals surface area contributed by atoms with Crippen molar-refractivity contribution in [2.24, 2.45) is 0 Å². The molecule has 2 rings (SSSR count). The first kappa shape index (κ1) is 16.8. The van der Waals surface area contributed by atoms with E-state index in [1.54, 1.807) is 24.0 Å². The van der Waals surface area contributed by atoms with Gasteiger partial charge in [0.1, 0.15) is 6.54 Å². The van der Waals surface area contributed by atoms with Crippen molar-refractivity contribution in [2.45, 2.75) is 18.4 Å². The maximum absolute atomic E-state index is 11.8. The Morgan fingerprint density at radius 1 is 1.23 bits per heavy atom. The molecule has 0 radical (unpaired) electrons. The van der Waals surface area contributed by atoms with Crippen LogP contribution in [0.4, 0.5) is 0 Å². The maximum atomic E-state index is 11.8. The van der Waals surface area contributed by atoms with Crippen molar-refractivity contribution in [1.82, 2.24) is 9.88 Å². The number of aryl methyl sites for hydroxylation is 1. The molecule has 0 saturated carbocycles. The number of nitrogens with zero attached hydrogens (tertiary/aromatic N) is 1. The standard InChI is InChI=1S/C16H17BrN2O2S/c1-12-2-5-14(6-3-12)22-9-8-18-15(20)11-19-10-13(17)4-7-16(19)21/h2-7,10H,8-9,11H2,1H3,(H,18,20). The van der Waals surface area contributed by atoms with Crippen LogP contribution >= 0.6 is 27.7 Å². The van der Waals surface area contributed by atoms with Crippen LogP contribution in [0.2, 0.25) is 0 Å². The number of hydrogen-bond acceptors (Lipinski definition) is 3. The minimum absolute atomic E-state index is 0.0352. The molecule has 0 saturated heterocycles. The van der Waals surface area contributed by atoms with Crippen LogP contribution in [0.1, 0.15) is 5.56 Å². The van der Waals surface area contributed by atoms with Gasteiger partial charge in [0.15, 0.2) is 0 Å². The Kier molecular flexibility index (Phi) is 6.27. The summed E-state index contributed by atoms with van der Waals surface area (Å²) in [6, 6.07) is 11.4. The quantitative estimate of drug-likeness (QED) is 0.619. The molecule has 4 nitrogen and oxygen atoms in total. The van der Waals surface area contributed by atoms with Gasteiger partial charge in [0.05, 0.1) is 0 Å². The number of amides is 1. The highest BCUT2D eigenvalue weighted by Gasteiger charge is 2.04. The topological polar surface area (TPSA) is 51.1 Å². The van der Waals surface area contributed by atoms with E-state index in [1.807, 2.05) is 0 Å². The van der Waals surface area contributed by atoms with Crippen LogP contribution in [0.25, 0.3) is 0 Å². The second-order valence-electron chi connectivity index (χ2n) is 4.82. The fourth-order valence-corrected chi connectivity index (χ4v) is 2.98. The van der Waals surface area contributed by atoms with Crippen molar-refractivity contribution in [3.05, 3.63) is 63.0 Å². The normalized spacial score (nSPS) is 10.5. The highest BCUT2D eigenvalue weighted by Crippen LogP contribution is 2.17. The minimum Gasteiger partial charge on any atom is -0.354 e. The van der Waals surface area contributed by atoms with Crippen molar-refractivity contribution < 1.29 is 4.79 Å². The number of thioether (sulfide) groups is 1. The lowest BCUT2D eigenvalue weighted by Crippen LogP contribution is -2.33. The van der Waals surface area contributed by atoms with E-state index in [1.165, 1.54) is 21.1 Å². The number of carbonyl (C=O) groups excluding carboxylic acids is 1. The van der Waals surface area contributed by atoms with Crippen LogP contribution in [0.3, 0.4) is 0 Å². The predicted molar refractivity (Wildman–Crippen MR) is 93.3 cm³/mol. The van der Waals surface area contributed by atoms with E-state index in [0.717, 1.165) is 10.2 Å². The van der Waals surface area contributed by atoms with Crippen molar-refractivity contribution in [1.29, 1.82) is 0 Å². The smallest absolute Gasteiger partial charge is 0.251 e. The molecule has 6 heteroatoms. The van der Waals surface area contributed by atoms with E-state index >= 15 is 0 Å². The Balaban J connectivity index is 1.75. The fraction of sp³-hybridized carbons (Fsp3) is 0.250. The van der Waals surface area contributed by atoms with E-state index < -0.39 is 0 Å².